The van der Waals surface area contributed by atoms with Gasteiger partial charge in [-0.15, -0.1) is 0 Å². The third kappa shape index (κ3) is 2.54. The van der Waals surface area contributed by atoms with E-state index in [0.29, 0.717) is 6.42 Å². The molecule has 0 atom stereocenters. The van der Waals surface area contributed by atoms with Crippen molar-refractivity contribution < 1.29 is 12.8 Å². The first-order valence-corrected chi connectivity index (χ1v) is 6.20. The van der Waals surface area contributed by atoms with Gasteiger partial charge in [0, 0.05) is 0 Å². The van der Waals surface area contributed by atoms with Crippen molar-refractivity contribution in [3.05, 3.63) is 30.1 Å². The molecule has 1 aromatic carbocycles. The fourth-order valence-electron chi connectivity index (χ4n) is 1.14. The minimum atomic E-state index is -3.43. The maximum atomic E-state index is 13.1. The fraction of sp³-hybridized carbons (Fsp3) is 0.400. The van der Waals surface area contributed by atoms with Gasteiger partial charge in [0.05, 0.1) is 5.75 Å². The quantitative estimate of drug-likeness (QED) is 0.774. The molecule has 0 aliphatic rings. The minimum Gasteiger partial charge on any atom is -0.224 e. The van der Waals surface area contributed by atoms with Crippen LogP contribution in [0.15, 0.2) is 29.2 Å². The zero-order valence-corrected chi connectivity index (χ0v) is 8.85. The molecule has 0 heterocycles. The summed E-state index contributed by atoms with van der Waals surface area (Å²) in [6, 6.07) is 5.48. The molecule has 78 valence electrons. The number of hydrogen-bond donors (Lipinski definition) is 0. The molecule has 14 heavy (non-hydrogen) atoms. The molecule has 0 saturated heterocycles. The monoisotopic (exact) mass is 216 g/mol. The van der Waals surface area contributed by atoms with Gasteiger partial charge < -0.3 is 0 Å². The van der Waals surface area contributed by atoms with Crippen molar-refractivity contribution in [3.8, 4) is 0 Å². The van der Waals surface area contributed by atoms with Gasteiger partial charge in [0.1, 0.15) is 10.7 Å². The Morgan fingerprint density at radius 3 is 2.50 bits per heavy atom. The summed E-state index contributed by atoms with van der Waals surface area (Å²) in [6.07, 6.45) is 1.35. The van der Waals surface area contributed by atoms with Gasteiger partial charge in [0.2, 0.25) is 0 Å². The van der Waals surface area contributed by atoms with Crippen molar-refractivity contribution in [2.75, 3.05) is 5.75 Å². The van der Waals surface area contributed by atoms with Crippen LogP contribution < -0.4 is 0 Å². The van der Waals surface area contributed by atoms with Crippen LogP contribution in [0, 0.1) is 5.82 Å². The van der Waals surface area contributed by atoms with E-state index in [9.17, 15) is 12.8 Å². The molecule has 0 amide bonds. The zero-order valence-electron chi connectivity index (χ0n) is 8.03. The molecule has 0 unspecified atom stereocenters. The standard InChI is InChI=1S/C10H13FO2S/c1-2-3-8-14(12,13)10-7-5-4-6-9(10)11/h4-7H,2-3,8H2,1H3. The highest BCUT2D eigenvalue weighted by molar-refractivity contribution is 7.91. The van der Waals surface area contributed by atoms with Gasteiger partial charge in [0.25, 0.3) is 0 Å². The Kier molecular flexibility index (Phi) is 3.63. The lowest BCUT2D eigenvalue weighted by Crippen LogP contribution is -2.08. The molecule has 1 aromatic rings. The van der Waals surface area contributed by atoms with E-state index in [2.05, 4.69) is 0 Å². The Hall–Kier alpha value is -0.900. The third-order valence-corrected chi connectivity index (χ3v) is 3.77. The SMILES string of the molecule is CCCCS(=O)(=O)c1ccccc1F. The second-order valence-corrected chi connectivity index (χ2v) is 5.18. The minimum absolute atomic E-state index is 0.0183. The molecule has 0 fully saturated rings. The highest BCUT2D eigenvalue weighted by Crippen LogP contribution is 2.16. The molecular weight excluding hydrogens is 203 g/mol. The summed E-state index contributed by atoms with van der Waals surface area (Å²) in [5.41, 5.74) is 0. The summed E-state index contributed by atoms with van der Waals surface area (Å²) in [6.45, 7) is 1.90. The maximum absolute atomic E-state index is 13.1. The summed E-state index contributed by atoms with van der Waals surface area (Å²) < 4.78 is 36.3. The zero-order chi connectivity index (χ0) is 10.6. The van der Waals surface area contributed by atoms with Crippen LogP contribution >= 0.6 is 0 Å². The fourth-order valence-corrected chi connectivity index (χ4v) is 2.68. The predicted octanol–water partition coefficient (Wildman–Crippen LogP) is 2.40. The van der Waals surface area contributed by atoms with E-state index in [1.807, 2.05) is 6.92 Å². The number of unbranched alkanes of at least 4 members (excludes halogenated alkanes) is 1. The molecule has 0 aliphatic heterocycles. The molecule has 1 rings (SSSR count). The van der Waals surface area contributed by atoms with Crippen molar-refractivity contribution in [2.45, 2.75) is 24.7 Å². The Morgan fingerprint density at radius 2 is 1.93 bits per heavy atom. The topological polar surface area (TPSA) is 34.1 Å². The number of hydrogen-bond acceptors (Lipinski definition) is 2. The van der Waals surface area contributed by atoms with Crippen LogP contribution in [0.4, 0.5) is 4.39 Å². The highest BCUT2D eigenvalue weighted by atomic mass is 32.2. The number of sulfone groups is 1. The average Bonchev–Trinajstić information content (AvgIpc) is 2.15. The molecule has 0 saturated carbocycles. The van der Waals surface area contributed by atoms with Gasteiger partial charge >= 0.3 is 0 Å². The lowest BCUT2D eigenvalue weighted by Gasteiger charge is -2.03. The maximum Gasteiger partial charge on any atom is 0.181 e. The molecule has 0 bridgehead atoms. The molecule has 0 spiro atoms. The summed E-state index contributed by atoms with van der Waals surface area (Å²) in [5.74, 6) is -0.645. The van der Waals surface area contributed by atoms with Crippen LogP contribution in [0.1, 0.15) is 19.8 Å². The smallest absolute Gasteiger partial charge is 0.181 e. The van der Waals surface area contributed by atoms with Crippen molar-refractivity contribution in [1.29, 1.82) is 0 Å². The van der Waals surface area contributed by atoms with E-state index < -0.39 is 15.7 Å². The molecule has 4 heteroatoms. The number of halogens is 1. The first kappa shape index (κ1) is 11.2. The number of rotatable bonds is 4. The van der Waals surface area contributed by atoms with Crippen LogP contribution in [0.25, 0.3) is 0 Å². The Morgan fingerprint density at radius 1 is 1.29 bits per heavy atom. The summed E-state index contributed by atoms with van der Waals surface area (Å²) in [5, 5.41) is 0. The van der Waals surface area contributed by atoms with Gasteiger partial charge in [-0.05, 0) is 18.6 Å². The van der Waals surface area contributed by atoms with E-state index in [0.717, 1.165) is 6.42 Å². The Balaban J connectivity index is 2.99. The molecule has 2 nitrogen and oxygen atoms in total. The van der Waals surface area contributed by atoms with Gasteiger partial charge in [-0.25, -0.2) is 12.8 Å². The molecule has 0 radical (unpaired) electrons. The van der Waals surface area contributed by atoms with Crippen LogP contribution in [-0.2, 0) is 9.84 Å². The van der Waals surface area contributed by atoms with Crippen molar-refractivity contribution in [3.63, 3.8) is 0 Å². The Labute approximate surface area is 83.7 Å². The lowest BCUT2D eigenvalue weighted by molar-refractivity contribution is 0.565. The lowest BCUT2D eigenvalue weighted by atomic mass is 10.3. The summed E-state index contributed by atoms with van der Waals surface area (Å²) in [7, 11) is -3.43. The van der Waals surface area contributed by atoms with Crippen LogP contribution in [-0.4, -0.2) is 14.2 Å². The summed E-state index contributed by atoms with van der Waals surface area (Å²) in [4.78, 5) is -0.187. The first-order valence-electron chi connectivity index (χ1n) is 4.55. The number of benzene rings is 1. The molecule has 0 N–H and O–H groups in total. The van der Waals surface area contributed by atoms with E-state index in [1.165, 1.54) is 24.3 Å². The first-order chi connectivity index (χ1) is 6.58. The average molecular weight is 216 g/mol. The molecule has 0 aromatic heterocycles. The van der Waals surface area contributed by atoms with Crippen molar-refractivity contribution >= 4 is 9.84 Å². The predicted molar refractivity (Wildman–Crippen MR) is 53.4 cm³/mol. The van der Waals surface area contributed by atoms with Crippen molar-refractivity contribution in [2.24, 2.45) is 0 Å². The van der Waals surface area contributed by atoms with Gasteiger partial charge in [-0.3, -0.25) is 0 Å². The van der Waals surface area contributed by atoms with E-state index in [1.54, 1.807) is 0 Å². The van der Waals surface area contributed by atoms with Gasteiger partial charge in [0.15, 0.2) is 9.84 Å². The molecule has 0 aliphatic carbocycles. The van der Waals surface area contributed by atoms with Crippen molar-refractivity contribution in [1.82, 2.24) is 0 Å². The largest absolute Gasteiger partial charge is 0.224 e. The normalized spacial score (nSPS) is 11.6. The van der Waals surface area contributed by atoms with Crippen LogP contribution in [0.2, 0.25) is 0 Å². The second-order valence-electron chi connectivity index (χ2n) is 3.10. The van der Waals surface area contributed by atoms with Gasteiger partial charge in [-0.1, -0.05) is 25.5 Å². The van der Waals surface area contributed by atoms with E-state index in [-0.39, 0.29) is 10.6 Å². The van der Waals surface area contributed by atoms with Crippen LogP contribution in [0.3, 0.4) is 0 Å². The van der Waals surface area contributed by atoms with Crippen LogP contribution in [0.5, 0.6) is 0 Å². The van der Waals surface area contributed by atoms with E-state index in [4.69, 9.17) is 0 Å². The third-order valence-electron chi connectivity index (χ3n) is 1.94. The van der Waals surface area contributed by atoms with E-state index >= 15 is 0 Å². The highest BCUT2D eigenvalue weighted by Gasteiger charge is 2.17. The van der Waals surface area contributed by atoms with Gasteiger partial charge in [-0.2, -0.15) is 0 Å². The molecular formula is C10H13FO2S. The Bertz CT molecular complexity index is 398. The summed E-state index contributed by atoms with van der Waals surface area (Å²) >= 11 is 0. The second kappa shape index (κ2) is 4.55.